The van der Waals surface area contributed by atoms with Gasteiger partial charge in [-0.1, -0.05) is 66.7 Å². The minimum atomic E-state index is 0.176. The fourth-order valence-electron chi connectivity index (χ4n) is 4.05. The summed E-state index contributed by atoms with van der Waals surface area (Å²) in [6, 6.07) is 33.4. The molecule has 3 aromatic carbocycles. The number of ether oxygens (including phenoxy) is 1. The average Bonchev–Trinajstić information content (AvgIpc) is 3.35. The van der Waals surface area contributed by atoms with Crippen LogP contribution in [0.1, 0.15) is 22.0 Å². The lowest BCUT2D eigenvalue weighted by Gasteiger charge is -2.44. The number of aliphatic imine (C=N–C) groups is 1. The summed E-state index contributed by atoms with van der Waals surface area (Å²) in [5.74, 6) is 1.40. The smallest absolute Gasteiger partial charge is 0.141 e. The van der Waals surface area contributed by atoms with Gasteiger partial charge in [-0.05, 0) is 46.8 Å². The van der Waals surface area contributed by atoms with E-state index in [1.807, 2.05) is 41.8 Å². The van der Waals surface area contributed by atoms with Crippen molar-refractivity contribution in [1.29, 1.82) is 0 Å². The van der Waals surface area contributed by atoms with E-state index in [-0.39, 0.29) is 12.1 Å². The minimum Gasteiger partial charge on any atom is -0.488 e. The maximum absolute atomic E-state index is 6.22. The molecule has 4 aromatic rings. The van der Waals surface area contributed by atoms with Gasteiger partial charge < -0.3 is 10.5 Å². The van der Waals surface area contributed by atoms with Crippen LogP contribution < -0.4 is 10.5 Å². The molecule has 0 unspecified atom stereocenters. The van der Waals surface area contributed by atoms with Gasteiger partial charge in [0, 0.05) is 13.1 Å². The van der Waals surface area contributed by atoms with Crippen LogP contribution in [0.25, 0.3) is 0 Å². The highest BCUT2D eigenvalue weighted by Crippen LogP contribution is 2.33. The highest BCUT2D eigenvalue weighted by atomic mass is 32.1. The lowest BCUT2D eigenvalue weighted by atomic mass is 9.94. The molecule has 160 valence electrons. The number of hydrogen-bond acceptors (Lipinski definition) is 4. The molecule has 0 spiro atoms. The molecule has 1 aromatic heterocycles. The zero-order valence-corrected chi connectivity index (χ0v) is 18.5. The number of likely N-dealkylation sites (tertiary alicyclic amines) is 1. The van der Waals surface area contributed by atoms with E-state index in [9.17, 15) is 0 Å². The zero-order chi connectivity index (χ0) is 21.8. The number of thiophene rings is 1. The Morgan fingerprint density at radius 2 is 1.47 bits per heavy atom. The van der Waals surface area contributed by atoms with Crippen LogP contribution in [0.2, 0.25) is 0 Å². The fraction of sp³-hybridized carbons (Fsp3) is 0.148. The van der Waals surface area contributed by atoms with Crippen molar-refractivity contribution in [2.45, 2.75) is 12.1 Å². The number of rotatable bonds is 7. The largest absolute Gasteiger partial charge is 0.488 e. The Labute approximate surface area is 192 Å². The number of nitrogens with zero attached hydrogens (tertiary/aromatic N) is 2. The fourth-order valence-corrected chi connectivity index (χ4v) is 4.68. The Kier molecular flexibility index (Phi) is 6.01. The first kappa shape index (κ1) is 20.5. The third kappa shape index (κ3) is 4.59. The topological polar surface area (TPSA) is 50.9 Å². The monoisotopic (exact) mass is 439 g/mol. The molecular formula is C27H25N3OS. The van der Waals surface area contributed by atoms with E-state index in [0.717, 1.165) is 29.4 Å². The van der Waals surface area contributed by atoms with Crippen LogP contribution in [0.3, 0.4) is 0 Å². The van der Waals surface area contributed by atoms with Crippen molar-refractivity contribution in [2.75, 3.05) is 13.1 Å². The van der Waals surface area contributed by atoms with Gasteiger partial charge >= 0.3 is 0 Å². The molecule has 1 saturated heterocycles. The summed E-state index contributed by atoms with van der Waals surface area (Å²) in [6.45, 7) is 1.78. The van der Waals surface area contributed by atoms with Gasteiger partial charge in [-0.2, -0.15) is 0 Å². The molecule has 0 radical (unpaired) electrons. The maximum atomic E-state index is 6.22. The quantitative estimate of drug-likeness (QED) is 0.300. The average molecular weight is 440 g/mol. The van der Waals surface area contributed by atoms with Gasteiger partial charge in [0.25, 0.3) is 0 Å². The number of amidine groups is 1. The molecule has 0 aliphatic carbocycles. The third-order valence-corrected chi connectivity index (χ3v) is 6.53. The number of nitrogens with two attached hydrogens (primary N) is 1. The van der Waals surface area contributed by atoms with Crippen molar-refractivity contribution in [3.63, 3.8) is 0 Å². The van der Waals surface area contributed by atoms with Crippen LogP contribution in [-0.2, 0) is 0 Å². The highest BCUT2D eigenvalue weighted by Gasteiger charge is 2.35. The van der Waals surface area contributed by atoms with Crippen LogP contribution in [-0.4, -0.2) is 29.9 Å². The van der Waals surface area contributed by atoms with Gasteiger partial charge in [0.15, 0.2) is 0 Å². The van der Waals surface area contributed by atoms with E-state index in [0.29, 0.717) is 5.84 Å². The van der Waals surface area contributed by atoms with Gasteiger partial charge in [0.2, 0.25) is 0 Å². The zero-order valence-electron chi connectivity index (χ0n) is 17.7. The number of hydrogen-bond donors (Lipinski definition) is 1. The van der Waals surface area contributed by atoms with Crippen molar-refractivity contribution in [3.8, 4) is 5.75 Å². The second-order valence-corrected chi connectivity index (χ2v) is 8.83. The van der Waals surface area contributed by atoms with Crippen molar-refractivity contribution in [2.24, 2.45) is 10.7 Å². The van der Waals surface area contributed by atoms with E-state index in [1.165, 1.54) is 11.1 Å². The summed E-state index contributed by atoms with van der Waals surface area (Å²) in [6.07, 6.45) is 0.176. The van der Waals surface area contributed by atoms with Gasteiger partial charge in [0.1, 0.15) is 17.7 Å². The van der Waals surface area contributed by atoms with Gasteiger partial charge in [-0.25, -0.2) is 4.99 Å². The van der Waals surface area contributed by atoms with Crippen molar-refractivity contribution < 1.29 is 4.74 Å². The molecule has 0 atom stereocenters. The highest BCUT2D eigenvalue weighted by molar-refractivity contribution is 7.12. The summed E-state index contributed by atoms with van der Waals surface area (Å²) in [5, 5.41) is 2.00. The second-order valence-electron chi connectivity index (χ2n) is 7.89. The number of benzene rings is 3. The molecule has 2 N–H and O–H groups in total. The van der Waals surface area contributed by atoms with Gasteiger partial charge in [-0.3, -0.25) is 4.90 Å². The first-order chi connectivity index (χ1) is 15.8. The maximum Gasteiger partial charge on any atom is 0.141 e. The normalized spacial score (nSPS) is 15.0. The molecule has 1 aliphatic heterocycles. The molecule has 32 heavy (non-hydrogen) atoms. The summed E-state index contributed by atoms with van der Waals surface area (Å²) in [7, 11) is 0. The van der Waals surface area contributed by atoms with Crippen LogP contribution in [0.15, 0.2) is 107 Å². The van der Waals surface area contributed by atoms with Gasteiger partial charge in [0.05, 0.1) is 16.6 Å². The summed E-state index contributed by atoms with van der Waals surface area (Å²) >= 11 is 1.59. The second kappa shape index (κ2) is 9.39. The van der Waals surface area contributed by atoms with Gasteiger partial charge in [-0.15, -0.1) is 11.3 Å². The molecule has 1 aliphatic rings. The predicted molar refractivity (Wildman–Crippen MR) is 132 cm³/mol. The van der Waals surface area contributed by atoms with Crippen LogP contribution in [0.4, 0.5) is 5.69 Å². The Hall–Kier alpha value is -3.41. The molecule has 5 heteroatoms. The summed E-state index contributed by atoms with van der Waals surface area (Å²) in [4.78, 5) is 7.95. The lowest BCUT2D eigenvalue weighted by Crippen LogP contribution is -2.55. The molecule has 4 nitrogen and oxygen atoms in total. The molecule has 0 bridgehead atoms. The summed E-state index contributed by atoms with van der Waals surface area (Å²) < 4.78 is 6.22. The van der Waals surface area contributed by atoms with E-state index in [2.05, 4.69) is 70.6 Å². The molecule has 2 heterocycles. The minimum absolute atomic E-state index is 0.176. The Bertz CT molecular complexity index is 1110. The standard InChI is InChI=1S/C27H25N3OS/c28-27(25-12-7-17-32-25)29-22-13-15-23(16-14-22)31-24-18-30(19-24)26(20-8-3-1-4-9-20)21-10-5-2-6-11-21/h1-17,24,26H,18-19H2,(H2,28,29). The molecule has 1 fully saturated rings. The van der Waals surface area contributed by atoms with E-state index < -0.39 is 0 Å². The van der Waals surface area contributed by atoms with Crippen LogP contribution >= 0.6 is 11.3 Å². The van der Waals surface area contributed by atoms with E-state index >= 15 is 0 Å². The Balaban J connectivity index is 1.23. The SMILES string of the molecule is N/C(=N\c1ccc(OC2CN(C(c3ccccc3)c3ccccc3)C2)cc1)c1cccs1. The van der Waals surface area contributed by atoms with Crippen molar-refractivity contribution in [1.82, 2.24) is 4.90 Å². The van der Waals surface area contributed by atoms with Crippen molar-refractivity contribution >= 4 is 22.9 Å². The Morgan fingerprint density at radius 3 is 2.03 bits per heavy atom. The van der Waals surface area contributed by atoms with Crippen LogP contribution in [0, 0.1) is 0 Å². The predicted octanol–water partition coefficient (Wildman–Crippen LogP) is 5.64. The molecule has 0 amide bonds. The molecular weight excluding hydrogens is 414 g/mol. The van der Waals surface area contributed by atoms with Crippen LogP contribution in [0.5, 0.6) is 5.75 Å². The summed E-state index contributed by atoms with van der Waals surface area (Å²) in [5.41, 5.74) is 9.53. The first-order valence-electron chi connectivity index (χ1n) is 10.7. The molecule has 5 rings (SSSR count). The van der Waals surface area contributed by atoms with E-state index in [4.69, 9.17) is 10.5 Å². The lowest BCUT2D eigenvalue weighted by molar-refractivity contribution is 0.000296. The third-order valence-electron chi connectivity index (χ3n) is 5.63. The van der Waals surface area contributed by atoms with E-state index in [1.54, 1.807) is 11.3 Å². The Morgan fingerprint density at radius 1 is 0.844 bits per heavy atom. The molecule has 0 saturated carbocycles. The van der Waals surface area contributed by atoms with Crippen molar-refractivity contribution in [3.05, 3.63) is 118 Å². The first-order valence-corrected chi connectivity index (χ1v) is 11.6.